The van der Waals surface area contributed by atoms with Crippen molar-refractivity contribution in [3.63, 3.8) is 0 Å². The van der Waals surface area contributed by atoms with Crippen LogP contribution in [0.4, 0.5) is 0 Å². The first-order chi connectivity index (χ1) is 6.38. The molecule has 0 aromatic rings. The van der Waals surface area contributed by atoms with Crippen LogP contribution in [0, 0.1) is 0 Å². The molecule has 0 radical (unpaired) electrons. The van der Waals surface area contributed by atoms with Crippen molar-refractivity contribution in [2.24, 2.45) is 5.73 Å². The molecular formula is C6H15NNaO6P. The Kier molecular flexibility index (Phi) is 7.10. The van der Waals surface area contributed by atoms with Crippen LogP contribution in [0.5, 0.6) is 0 Å². The van der Waals surface area contributed by atoms with Gasteiger partial charge in [-0.05, 0) is 6.42 Å². The predicted octanol–water partition coefficient (Wildman–Crippen LogP) is -2.08. The molecule has 86 valence electrons. The third-order valence-electron chi connectivity index (χ3n) is 1.90. The second-order valence-corrected chi connectivity index (χ2v) is 4.46. The van der Waals surface area contributed by atoms with Crippen LogP contribution in [-0.4, -0.2) is 75.9 Å². The molecule has 0 unspecified atom stereocenters. The fourth-order valence-corrected chi connectivity index (χ4v) is 1.56. The van der Waals surface area contributed by atoms with E-state index in [2.05, 4.69) is 4.52 Å². The molecule has 0 spiro atoms. The van der Waals surface area contributed by atoms with E-state index in [0.29, 0.717) is 6.42 Å². The molecule has 1 heterocycles. The number of aliphatic hydroxyl groups excluding tert-OH is 1. The number of phosphoric ester groups is 1. The van der Waals surface area contributed by atoms with E-state index in [1.165, 1.54) is 0 Å². The fourth-order valence-electron chi connectivity index (χ4n) is 1.22. The third kappa shape index (κ3) is 6.33. The van der Waals surface area contributed by atoms with E-state index < -0.39 is 20.0 Å². The zero-order valence-electron chi connectivity index (χ0n) is 7.44. The van der Waals surface area contributed by atoms with Gasteiger partial charge in [-0.25, -0.2) is 4.57 Å². The number of hydrogen-bond acceptors (Lipinski definition) is 5. The average Bonchev–Trinajstić information content (AvgIpc) is 2.00. The monoisotopic (exact) mass is 251 g/mol. The van der Waals surface area contributed by atoms with Gasteiger partial charge in [-0.15, -0.1) is 0 Å². The molecule has 0 aliphatic carbocycles. The molecule has 7 nitrogen and oxygen atoms in total. The Hall–Kier alpha value is 0.990. The molecular weight excluding hydrogens is 236 g/mol. The topological polar surface area (TPSA) is 122 Å². The summed E-state index contributed by atoms with van der Waals surface area (Å²) in [5.74, 6) is 0. The molecule has 0 bridgehead atoms. The van der Waals surface area contributed by atoms with Crippen molar-refractivity contribution in [1.29, 1.82) is 0 Å². The number of nitrogens with two attached hydrogens (primary N) is 1. The third-order valence-corrected chi connectivity index (χ3v) is 2.39. The van der Waals surface area contributed by atoms with E-state index in [0.717, 1.165) is 0 Å². The van der Waals surface area contributed by atoms with Crippen LogP contribution in [0.15, 0.2) is 0 Å². The van der Waals surface area contributed by atoms with Gasteiger partial charge < -0.3 is 25.4 Å². The molecule has 1 rings (SSSR count). The molecule has 15 heavy (non-hydrogen) atoms. The molecule has 9 heteroatoms. The summed E-state index contributed by atoms with van der Waals surface area (Å²) in [4.78, 5) is 16.8. The molecule has 1 aliphatic rings. The van der Waals surface area contributed by atoms with Gasteiger partial charge >= 0.3 is 37.4 Å². The Morgan fingerprint density at radius 2 is 2.13 bits per heavy atom. The maximum atomic E-state index is 10.4. The van der Waals surface area contributed by atoms with Crippen molar-refractivity contribution in [2.45, 2.75) is 24.7 Å². The van der Waals surface area contributed by atoms with E-state index in [9.17, 15) is 9.67 Å². The number of rotatable bonds is 3. The Bertz CT molecular complexity index is 236. The predicted molar refractivity (Wildman–Crippen MR) is 53.5 cm³/mol. The minimum atomic E-state index is -4.50. The van der Waals surface area contributed by atoms with E-state index in [1.807, 2.05) is 0 Å². The van der Waals surface area contributed by atoms with Gasteiger partial charge in [-0.3, -0.25) is 4.52 Å². The quantitative estimate of drug-likeness (QED) is 0.335. The van der Waals surface area contributed by atoms with Gasteiger partial charge in [-0.1, -0.05) is 0 Å². The van der Waals surface area contributed by atoms with Crippen molar-refractivity contribution in [3.8, 4) is 0 Å². The summed E-state index contributed by atoms with van der Waals surface area (Å²) in [5, 5.41) is 9.40. The van der Waals surface area contributed by atoms with Gasteiger partial charge in [0.15, 0.2) is 0 Å². The molecule has 0 amide bonds. The van der Waals surface area contributed by atoms with Crippen molar-refractivity contribution in [1.82, 2.24) is 0 Å². The Morgan fingerprint density at radius 1 is 1.53 bits per heavy atom. The van der Waals surface area contributed by atoms with Crippen LogP contribution in [0.3, 0.4) is 0 Å². The van der Waals surface area contributed by atoms with Gasteiger partial charge in [0.2, 0.25) is 0 Å². The summed E-state index contributed by atoms with van der Waals surface area (Å²) in [7, 11) is -4.50. The van der Waals surface area contributed by atoms with Gasteiger partial charge in [0.05, 0.1) is 19.3 Å². The molecule has 0 aromatic carbocycles. The average molecular weight is 251 g/mol. The Morgan fingerprint density at radius 3 is 2.60 bits per heavy atom. The maximum absolute atomic E-state index is 10.4. The molecule has 0 aromatic heterocycles. The van der Waals surface area contributed by atoms with E-state index in [-0.39, 0.29) is 48.8 Å². The molecule has 1 fully saturated rings. The van der Waals surface area contributed by atoms with E-state index in [4.69, 9.17) is 20.3 Å². The van der Waals surface area contributed by atoms with Gasteiger partial charge in [0.25, 0.3) is 0 Å². The van der Waals surface area contributed by atoms with Crippen LogP contribution >= 0.6 is 7.82 Å². The van der Waals surface area contributed by atoms with Crippen molar-refractivity contribution in [3.05, 3.63) is 0 Å². The zero-order chi connectivity index (χ0) is 10.8. The van der Waals surface area contributed by atoms with Gasteiger partial charge in [0, 0.05) is 6.04 Å². The summed E-state index contributed by atoms with van der Waals surface area (Å²) < 4.78 is 19.6. The second-order valence-electron chi connectivity index (χ2n) is 3.22. The van der Waals surface area contributed by atoms with Crippen LogP contribution in [-0.2, 0) is 13.8 Å². The normalized spacial score (nSPS) is 32.1. The van der Waals surface area contributed by atoms with E-state index >= 15 is 0 Å². The summed E-state index contributed by atoms with van der Waals surface area (Å²) >= 11 is 0. The summed E-state index contributed by atoms with van der Waals surface area (Å²) in [6, 6.07) is -0.240. The van der Waals surface area contributed by atoms with Crippen molar-refractivity contribution in [2.75, 3.05) is 13.2 Å². The van der Waals surface area contributed by atoms with Crippen LogP contribution in [0.2, 0.25) is 0 Å². The molecule has 1 aliphatic heterocycles. The number of aliphatic hydroxyl groups is 1. The summed E-state index contributed by atoms with van der Waals surface area (Å²) in [6.45, 7) is -0.0790. The van der Waals surface area contributed by atoms with Crippen LogP contribution < -0.4 is 5.73 Å². The molecule has 5 N–H and O–H groups in total. The Labute approximate surface area is 109 Å². The first kappa shape index (κ1) is 16.0. The standard InChI is InChI=1S/C6H14NO6P.Na.H/c7-4-1-5(8)6(12-2-4)3-13-14(9,10)11;;/h4-6,8H,1-3,7H2,(H2,9,10,11);;/t4-,5-,6+;;/m0../s1. The first-order valence-electron chi connectivity index (χ1n) is 4.14. The number of hydrogen-bond donors (Lipinski definition) is 4. The fraction of sp³-hybridized carbons (Fsp3) is 1.00. The molecule has 3 atom stereocenters. The van der Waals surface area contributed by atoms with Crippen molar-refractivity contribution >= 4 is 37.4 Å². The van der Waals surface area contributed by atoms with Crippen molar-refractivity contribution < 1.29 is 28.7 Å². The van der Waals surface area contributed by atoms with Gasteiger partial charge in [0.1, 0.15) is 6.10 Å². The van der Waals surface area contributed by atoms with Gasteiger partial charge in [-0.2, -0.15) is 0 Å². The molecule has 0 saturated carbocycles. The van der Waals surface area contributed by atoms with Crippen LogP contribution in [0.1, 0.15) is 6.42 Å². The second kappa shape index (κ2) is 6.66. The Balaban J connectivity index is 0.00000196. The zero-order valence-corrected chi connectivity index (χ0v) is 8.34. The van der Waals surface area contributed by atoms with E-state index in [1.54, 1.807) is 0 Å². The summed E-state index contributed by atoms with van der Waals surface area (Å²) in [5.41, 5.74) is 5.49. The number of ether oxygens (including phenoxy) is 1. The number of phosphoric acid groups is 1. The molecule has 1 saturated heterocycles. The minimum absolute atomic E-state index is 0. The SMILES string of the molecule is N[C@@H]1CO[C@H](COP(=O)(O)O)[C@@H](O)C1.[NaH]. The van der Waals surface area contributed by atoms with Crippen LogP contribution in [0.25, 0.3) is 0 Å². The summed E-state index contributed by atoms with van der Waals surface area (Å²) in [6.07, 6.45) is -1.22. The first-order valence-corrected chi connectivity index (χ1v) is 5.67.